The largest absolute Gasteiger partial charge is 0.458 e. The Bertz CT molecular complexity index is 1150. The van der Waals surface area contributed by atoms with Crippen molar-refractivity contribution < 1.29 is 19.1 Å². The van der Waals surface area contributed by atoms with Gasteiger partial charge in [-0.1, -0.05) is 35.9 Å². The number of fused-ring (bicyclic) bond motifs is 2. The number of halogens is 1. The van der Waals surface area contributed by atoms with Gasteiger partial charge in [-0.2, -0.15) is 0 Å². The minimum absolute atomic E-state index is 0.165. The number of aromatic nitrogens is 1. The summed E-state index contributed by atoms with van der Waals surface area (Å²) in [5.41, 5.74) is 3.04. The Labute approximate surface area is 192 Å². The summed E-state index contributed by atoms with van der Waals surface area (Å²) in [5.74, 6) is -0.651. The lowest BCUT2D eigenvalue weighted by Crippen LogP contribution is -2.50. The first-order valence-corrected chi connectivity index (χ1v) is 11.0. The van der Waals surface area contributed by atoms with Gasteiger partial charge in [0.15, 0.2) is 0 Å². The molecule has 0 aliphatic heterocycles. The van der Waals surface area contributed by atoms with E-state index in [0.29, 0.717) is 23.6 Å². The Kier molecular flexibility index (Phi) is 6.26. The minimum atomic E-state index is -0.578. The highest BCUT2D eigenvalue weighted by Crippen LogP contribution is 2.25. The van der Waals surface area contributed by atoms with Crippen LogP contribution in [0.15, 0.2) is 48.5 Å². The first-order valence-electron chi connectivity index (χ1n) is 10.7. The van der Waals surface area contributed by atoms with Crippen molar-refractivity contribution in [2.45, 2.75) is 51.4 Å². The van der Waals surface area contributed by atoms with E-state index in [1.54, 1.807) is 12.1 Å². The lowest BCUT2D eigenvalue weighted by atomic mass is 9.86. The monoisotopic (exact) mass is 454 g/mol. The lowest BCUT2D eigenvalue weighted by Gasteiger charge is -2.33. The van der Waals surface area contributed by atoms with E-state index in [4.69, 9.17) is 21.1 Å². The molecule has 2 atom stereocenters. The van der Waals surface area contributed by atoms with E-state index in [0.717, 1.165) is 16.5 Å². The van der Waals surface area contributed by atoms with E-state index in [2.05, 4.69) is 22.4 Å². The average molecular weight is 455 g/mol. The van der Waals surface area contributed by atoms with Crippen molar-refractivity contribution in [2.75, 3.05) is 6.61 Å². The third-order valence-corrected chi connectivity index (χ3v) is 5.64. The SMILES string of the molecule is CC(C)(C)OC(=O)COC1Cc2ccccc2CC1NC(=O)c1cc2cc(Cl)ccc2[nH]1. The summed E-state index contributed by atoms with van der Waals surface area (Å²) < 4.78 is 11.3. The molecule has 4 rings (SSSR count). The Hall–Kier alpha value is -2.83. The van der Waals surface area contributed by atoms with Crippen molar-refractivity contribution in [1.82, 2.24) is 10.3 Å². The zero-order chi connectivity index (χ0) is 22.9. The minimum Gasteiger partial charge on any atom is -0.458 e. The van der Waals surface area contributed by atoms with Crippen molar-refractivity contribution in [3.63, 3.8) is 0 Å². The number of ether oxygens (including phenoxy) is 2. The number of carbonyl (C=O) groups excluding carboxylic acids is 2. The fourth-order valence-electron chi connectivity index (χ4n) is 4.02. The van der Waals surface area contributed by atoms with Crippen molar-refractivity contribution in [1.29, 1.82) is 0 Å². The highest BCUT2D eigenvalue weighted by molar-refractivity contribution is 6.31. The van der Waals surface area contributed by atoms with Crippen molar-refractivity contribution in [3.8, 4) is 0 Å². The van der Waals surface area contributed by atoms with Gasteiger partial charge in [-0.15, -0.1) is 0 Å². The number of esters is 1. The van der Waals surface area contributed by atoms with Crippen LogP contribution in [0.3, 0.4) is 0 Å². The summed E-state index contributed by atoms with van der Waals surface area (Å²) in [6.07, 6.45) is 0.874. The second kappa shape index (κ2) is 8.96. The fourth-order valence-corrected chi connectivity index (χ4v) is 4.20. The highest BCUT2D eigenvalue weighted by atomic mass is 35.5. The third-order valence-electron chi connectivity index (χ3n) is 5.41. The highest BCUT2D eigenvalue weighted by Gasteiger charge is 2.32. The fraction of sp³-hybridized carbons (Fsp3) is 0.360. The topological polar surface area (TPSA) is 80.4 Å². The molecule has 0 radical (unpaired) electrons. The zero-order valence-corrected chi connectivity index (χ0v) is 19.2. The Balaban J connectivity index is 1.50. The maximum atomic E-state index is 13.0. The molecule has 0 spiro atoms. The number of amides is 1. The molecule has 1 aromatic heterocycles. The Morgan fingerprint density at radius 1 is 1.09 bits per heavy atom. The van der Waals surface area contributed by atoms with Crippen molar-refractivity contribution in [3.05, 3.63) is 70.4 Å². The van der Waals surface area contributed by atoms with Gasteiger partial charge in [0.05, 0.1) is 12.1 Å². The van der Waals surface area contributed by atoms with Crippen LogP contribution in [0, 0.1) is 0 Å². The van der Waals surface area contributed by atoms with E-state index >= 15 is 0 Å². The van der Waals surface area contributed by atoms with Crippen LogP contribution in [0.4, 0.5) is 0 Å². The third kappa shape index (κ3) is 5.31. The molecule has 7 heteroatoms. The summed E-state index contributed by atoms with van der Waals surface area (Å²) in [6.45, 7) is 5.29. The second-order valence-electron chi connectivity index (χ2n) is 9.11. The van der Waals surface area contributed by atoms with Gasteiger partial charge >= 0.3 is 5.97 Å². The Morgan fingerprint density at radius 3 is 2.53 bits per heavy atom. The molecule has 0 fully saturated rings. The maximum absolute atomic E-state index is 13.0. The van der Waals surface area contributed by atoms with Gasteiger partial charge in [0.25, 0.3) is 5.91 Å². The van der Waals surface area contributed by atoms with E-state index in [9.17, 15) is 9.59 Å². The van der Waals surface area contributed by atoms with Crippen LogP contribution < -0.4 is 5.32 Å². The van der Waals surface area contributed by atoms with Gasteiger partial charge < -0.3 is 19.8 Å². The molecule has 1 heterocycles. The molecule has 2 aromatic carbocycles. The molecule has 2 unspecified atom stereocenters. The first kappa shape index (κ1) is 22.4. The zero-order valence-electron chi connectivity index (χ0n) is 18.4. The molecule has 168 valence electrons. The van der Waals surface area contributed by atoms with Gasteiger partial charge in [-0.3, -0.25) is 4.79 Å². The van der Waals surface area contributed by atoms with Crippen LogP contribution in [0.25, 0.3) is 10.9 Å². The molecular weight excluding hydrogens is 428 g/mol. The molecule has 6 nitrogen and oxygen atoms in total. The first-order chi connectivity index (χ1) is 15.2. The second-order valence-corrected chi connectivity index (χ2v) is 9.54. The van der Waals surface area contributed by atoms with Crippen molar-refractivity contribution in [2.24, 2.45) is 0 Å². The van der Waals surface area contributed by atoms with E-state index in [-0.39, 0.29) is 24.7 Å². The van der Waals surface area contributed by atoms with Gasteiger partial charge in [-0.05, 0) is 62.6 Å². The van der Waals surface area contributed by atoms with Crippen LogP contribution in [0.5, 0.6) is 0 Å². The predicted octanol–water partition coefficient (Wildman–Crippen LogP) is 4.45. The van der Waals surface area contributed by atoms with Gasteiger partial charge in [0.1, 0.15) is 17.9 Å². The number of rotatable bonds is 5. The van der Waals surface area contributed by atoms with Crippen molar-refractivity contribution >= 4 is 34.4 Å². The average Bonchev–Trinajstić information content (AvgIpc) is 3.14. The van der Waals surface area contributed by atoms with Crippen LogP contribution in [0.1, 0.15) is 42.4 Å². The Morgan fingerprint density at radius 2 is 1.81 bits per heavy atom. The number of hydrogen-bond acceptors (Lipinski definition) is 4. The van der Waals surface area contributed by atoms with Gasteiger partial charge in [0, 0.05) is 22.3 Å². The summed E-state index contributed by atoms with van der Waals surface area (Å²) in [4.78, 5) is 28.3. The normalized spacial score (nSPS) is 18.2. The number of carbonyl (C=O) groups is 2. The molecule has 0 bridgehead atoms. The molecule has 32 heavy (non-hydrogen) atoms. The molecule has 0 saturated carbocycles. The number of benzene rings is 2. The summed E-state index contributed by atoms with van der Waals surface area (Å²) in [6, 6.07) is 15.0. The number of H-pyrrole nitrogens is 1. The molecule has 3 aromatic rings. The van der Waals surface area contributed by atoms with Crippen LogP contribution >= 0.6 is 11.6 Å². The summed E-state index contributed by atoms with van der Waals surface area (Å²) in [7, 11) is 0. The lowest BCUT2D eigenvalue weighted by molar-refractivity contribution is -0.162. The van der Waals surface area contributed by atoms with Gasteiger partial charge in [0.2, 0.25) is 0 Å². The maximum Gasteiger partial charge on any atom is 0.332 e. The number of aromatic amines is 1. The standard InChI is InChI=1S/C25H27ClN2O4/c1-25(2,3)32-23(29)14-31-22-13-16-7-5-4-6-15(16)11-20(22)28-24(30)21-12-17-10-18(26)8-9-19(17)27-21/h4-10,12,20,22,27H,11,13-14H2,1-3H3,(H,28,30). The van der Waals surface area contributed by atoms with Crippen LogP contribution in [0.2, 0.25) is 5.02 Å². The van der Waals surface area contributed by atoms with Crippen LogP contribution in [-0.2, 0) is 27.1 Å². The van der Waals surface area contributed by atoms with E-state index in [1.807, 2.05) is 45.0 Å². The molecule has 1 aliphatic rings. The summed E-state index contributed by atoms with van der Waals surface area (Å²) >= 11 is 6.06. The quantitative estimate of drug-likeness (QED) is 0.558. The smallest absolute Gasteiger partial charge is 0.332 e. The summed E-state index contributed by atoms with van der Waals surface area (Å²) in [5, 5.41) is 4.58. The number of nitrogens with one attached hydrogen (secondary N) is 2. The van der Waals surface area contributed by atoms with E-state index < -0.39 is 11.6 Å². The van der Waals surface area contributed by atoms with Gasteiger partial charge in [-0.25, -0.2) is 4.79 Å². The van der Waals surface area contributed by atoms with E-state index in [1.165, 1.54) is 5.56 Å². The molecule has 0 saturated heterocycles. The predicted molar refractivity (Wildman–Crippen MR) is 124 cm³/mol. The van der Waals surface area contributed by atoms with Crippen LogP contribution in [-0.4, -0.2) is 41.2 Å². The number of hydrogen-bond donors (Lipinski definition) is 2. The molecule has 1 aliphatic carbocycles. The molecule has 2 N–H and O–H groups in total. The molecule has 1 amide bonds. The molecular formula is C25H27ClN2O4.